The molecule has 3 atom stereocenters. The highest BCUT2D eigenvalue weighted by Gasteiger charge is 2.20. The van der Waals surface area contributed by atoms with E-state index in [1.54, 1.807) is 0 Å². The van der Waals surface area contributed by atoms with Crippen LogP contribution in [0, 0.1) is 5.92 Å². The lowest BCUT2D eigenvalue weighted by Crippen LogP contribution is -2.37. The maximum Gasteiger partial charge on any atom is 0.306 e. The van der Waals surface area contributed by atoms with Gasteiger partial charge >= 0.3 is 17.9 Å². The lowest BCUT2D eigenvalue weighted by molar-refractivity contribution is -0.160. The van der Waals surface area contributed by atoms with Crippen LogP contribution in [0.1, 0.15) is 252 Å². The topological polar surface area (TPSA) is 131 Å². The molecule has 0 aliphatic carbocycles. The Balaban J connectivity index is 4.49. The van der Waals surface area contributed by atoms with Gasteiger partial charge in [0.1, 0.15) is 18.8 Å². The molecule has 0 fully saturated rings. The van der Waals surface area contributed by atoms with Crippen molar-refractivity contribution in [3.63, 3.8) is 0 Å². The third-order valence-electron chi connectivity index (χ3n) is 12.1. The maximum absolute atomic E-state index is 13.1. The Hall–Kier alpha value is -2.20. The van der Waals surface area contributed by atoms with Crippen LogP contribution in [-0.4, -0.2) is 85.9 Å². The van der Waals surface area contributed by atoms with Crippen molar-refractivity contribution in [2.24, 2.45) is 5.92 Å². The van der Waals surface area contributed by atoms with Crippen LogP contribution in [0.15, 0.2) is 0 Å². The smallest absolute Gasteiger partial charge is 0.306 e. The van der Waals surface area contributed by atoms with Crippen LogP contribution < -0.4 is 5.32 Å². The van der Waals surface area contributed by atoms with E-state index in [0.29, 0.717) is 38.9 Å². The number of carbonyl (C=O) groups excluding carboxylic acids is 4. The predicted octanol–water partition coefficient (Wildman–Crippen LogP) is 12.7. The first-order valence-corrected chi connectivity index (χ1v) is 26.3. The second kappa shape index (κ2) is 45.4. The first kappa shape index (κ1) is 59.8. The molecule has 0 aromatic rings. The molecule has 0 saturated carbocycles. The highest BCUT2D eigenvalue weighted by atomic mass is 16.6. The van der Waals surface area contributed by atoms with Gasteiger partial charge in [-0.1, -0.05) is 169 Å². The summed E-state index contributed by atoms with van der Waals surface area (Å²) in [5.41, 5.74) is 0. The van der Waals surface area contributed by atoms with E-state index in [-0.39, 0.29) is 61.9 Å². The molecule has 0 saturated heterocycles. The third kappa shape index (κ3) is 39.4. The molecule has 366 valence electrons. The average Bonchev–Trinajstić information content (AvgIpc) is 3.25. The summed E-state index contributed by atoms with van der Waals surface area (Å²) < 4.78 is 17.2. The normalized spacial score (nSPS) is 12.9. The highest BCUT2D eigenvalue weighted by molar-refractivity contribution is 5.78. The number of nitrogens with zero attached hydrogens (tertiary/aromatic N) is 1. The van der Waals surface area contributed by atoms with Gasteiger partial charge in [-0.15, -0.1) is 0 Å². The second-order valence-corrected chi connectivity index (χ2v) is 18.3. The summed E-state index contributed by atoms with van der Waals surface area (Å²) in [5, 5.41) is 12.6. The molecule has 3 unspecified atom stereocenters. The summed E-state index contributed by atoms with van der Waals surface area (Å²) in [4.78, 5) is 53.0. The summed E-state index contributed by atoms with van der Waals surface area (Å²) >= 11 is 0. The second-order valence-electron chi connectivity index (χ2n) is 18.3. The third-order valence-corrected chi connectivity index (χ3v) is 12.1. The molecule has 0 aliphatic rings. The van der Waals surface area contributed by atoms with E-state index in [4.69, 9.17) is 14.2 Å². The van der Waals surface area contributed by atoms with Crippen molar-refractivity contribution >= 4 is 23.8 Å². The van der Waals surface area contributed by atoms with Gasteiger partial charge in [0.2, 0.25) is 5.91 Å². The van der Waals surface area contributed by atoms with Gasteiger partial charge in [-0.3, -0.25) is 19.2 Å². The minimum Gasteiger partial charge on any atom is -0.462 e. The largest absolute Gasteiger partial charge is 0.462 e. The molecule has 62 heavy (non-hydrogen) atoms. The van der Waals surface area contributed by atoms with Crippen molar-refractivity contribution < 1.29 is 38.5 Å². The van der Waals surface area contributed by atoms with Crippen LogP contribution in [0.2, 0.25) is 0 Å². The van der Waals surface area contributed by atoms with E-state index in [1.165, 1.54) is 103 Å². The Morgan fingerprint density at radius 2 is 0.871 bits per heavy atom. The quantitative estimate of drug-likeness (QED) is 0.0348. The molecule has 0 spiro atoms. The van der Waals surface area contributed by atoms with Gasteiger partial charge in [-0.25, -0.2) is 0 Å². The zero-order valence-electron chi connectivity index (χ0n) is 41.3. The molecule has 0 radical (unpaired) electrons. The summed E-state index contributed by atoms with van der Waals surface area (Å²) in [5.74, 6) is -0.415. The number of hydrogen-bond acceptors (Lipinski definition) is 9. The number of likely N-dealkylation sites (N-methyl/N-ethyl adjacent to an activating group) is 1. The van der Waals surface area contributed by atoms with Gasteiger partial charge in [0.15, 0.2) is 0 Å². The molecule has 0 aromatic heterocycles. The van der Waals surface area contributed by atoms with E-state index in [0.717, 1.165) is 89.9 Å². The highest BCUT2D eigenvalue weighted by Crippen LogP contribution is 2.21. The molecule has 2 N–H and O–H groups in total. The van der Waals surface area contributed by atoms with Crippen molar-refractivity contribution in [3.05, 3.63) is 0 Å². The minimum absolute atomic E-state index is 0.0211. The molecule has 0 aliphatic heterocycles. The number of hydrogen-bond donors (Lipinski definition) is 2. The Bertz CT molecular complexity index is 1040. The van der Waals surface area contributed by atoms with Gasteiger partial charge in [-0.2, -0.15) is 0 Å². The first-order valence-electron chi connectivity index (χ1n) is 26.3. The van der Waals surface area contributed by atoms with Gasteiger partial charge < -0.3 is 29.5 Å². The molecule has 0 rings (SSSR count). The summed E-state index contributed by atoms with van der Waals surface area (Å²) in [6, 6.07) is 0. The van der Waals surface area contributed by atoms with Crippen LogP contribution in [0.4, 0.5) is 0 Å². The molecular formula is C52H100N2O8. The van der Waals surface area contributed by atoms with Crippen LogP contribution in [0.5, 0.6) is 0 Å². The number of aliphatic hydroxyl groups excluding tert-OH is 1. The maximum atomic E-state index is 13.1. The average molecular weight is 881 g/mol. The van der Waals surface area contributed by atoms with Crippen molar-refractivity contribution in [2.75, 3.05) is 39.9 Å². The van der Waals surface area contributed by atoms with Gasteiger partial charge in [0.25, 0.3) is 0 Å². The fourth-order valence-corrected chi connectivity index (χ4v) is 8.09. The van der Waals surface area contributed by atoms with E-state index in [1.807, 2.05) is 11.9 Å². The first-order chi connectivity index (χ1) is 30.2. The van der Waals surface area contributed by atoms with Gasteiger partial charge in [-0.05, 0) is 71.3 Å². The van der Waals surface area contributed by atoms with Gasteiger partial charge in [0, 0.05) is 44.8 Å². The summed E-state index contributed by atoms with van der Waals surface area (Å²) in [6.07, 6.45) is 35.1. The Morgan fingerprint density at radius 3 is 1.35 bits per heavy atom. The molecule has 1 amide bonds. The van der Waals surface area contributed by atoms with Crippen molar-refractivity contribution in [3.8, 4) is 0 Å². The monoisotopic (exact) mass is 881 g/mol. The molecule has 0 aromatic carbocycles. The zero-order valence-corrected chi connectivity index (χ0v) is 41.3. The van der Waals surface area contributed by atoms with E-state index < -0.39 is 6.10 Å². The number of unbranched alkanes of at least 4 members (excludes halogenated alkanes) is 22. The van der Waals surface area contributed by atoms with Crippen LogP contribution >= 0.6 is 0 Å². The van der Waals surface area contributed by atoms with E-state index >= 15 is 0 Å². The van der Waals surface area contributed by atoms with Crippen LogP contribution in [-0.2, 0) is 33.4 Å². The van der Waals surface area contributed by atoms with E-state index in [9.17, 15) is 24.3 Å². The number of nitrogens with one attached hydrogen (secondary N) is 1. The van der Waals surface area contributed by atoms with Crippen molar-refractivity contribution in [1.29, 1.82) is 0 Å². The Labute approximate surface area is 381 Å². The summed E-state index contributed by atoms with van der Waals surface area (Å²) in [6.45, 7) is 10.3. The summed E-state index contributed by atoms with van der Waals surface area (Å²) in [7, 11) is 1.83. The molecule has 0 heterocycles. The Morgan fingerprint density at radius 1 is 0.484 bits per heavy atom. The van der Waals surface area contributed by atoms with Crippen LogP contribution in [0.25, 0.3) is 0 Å². The van der Waals surface area contributed by atoms with Gasteiger partial charge in [0.05, 0.1) is 6.61 Å². The van der Waals surface area contributed by atoms with E-state index in [2.05, 4.69) is 33.0 Å². The fourth-order valence-electron chi connectivity index (χ4n) is 8.09. The lowest BCUT2D eigenvalue weighted by Gasteiger charge is -2.23. The molecule has 10 heteroatoms. The zero-order chi connectivity index (χ0) is 45.7. The number of ether oxygens (including phenoxy) is 3. The number of amides is 1. The predicted molar refractivity (Wildman–Crippen MR) is 256 cm³/mol. The molecule has 0 bridgehead atoms. The Kier molecular flexibility index (Phi) is 43.8. The standard InChI is InChI=1S/C52H100N2O8/c1-6-10-14-18-20-27-35-46(34-26-16-12-8-3)52(59)53-41-33-25-24-32-40-51(58)62-48(44-54(5)42-43-55)45-60-49(56)38-30-22-23-31-39-50(57)61-47(36-28-17-13-9-4)37-29-21-19-15-11-7-2/h46-48,55H,6-45H2,1-5H3,(H,53,59). The SMILES string of the molecule is CCCCCCCCC(CCCCCC)OC(=O)CCCCCCC(=O)OCC(CN(C)CCO)OC(=O)CCCCCCNC(=O)C(CCCCCC)CCCCCCCC. The number of carbonyl (C=O) groups is 4. The van der Waals surface area contributed by atoms with Crippen LogP contribution in [0.3, 0.4) is 0 Å². The molecular weight excluding hydrogens is 781 g/mol. The van der Waals surface area contributed by atoms with Crippen molar-refractivity contribution in [1.82, 2.24) is 10.2 Å². The van der Waals surface area contributed by atoms with Crippen molar-refractivity contribution in [2.45, 2.75) is 265 Å². The minimum atomic E-state index is -0.619. The molecule has 10 nitrogen and oxygen atoms in total. The number of aliphatic hydroxyl groups is 1. The number of rotatable bonds is 47. The fraction of sp³-hybridized carbons (Fsp3) is 0.923. The number of esters is 3. The lowest BCUT2D eigenvalue weighted by atomic mass is 9.93.